The molecule has 0 aliphatic carbocycles. The average molecular weight is 423 g/mol. The van der Waals surface area contributed by atoms with Crippen LogP contribution in [0.3, 0.4) is 0 Å². The second-order valence-electron chi connectivity index (χ2n) is 8.15. The first-order chi connectivity index (χ1) is 14.8. The largest absolute Gasteiger partial charge is 0.507 e. The lowest BCUT2D eigenvalue weighted by Gasteiger charge is -2.06. The van der Waals surface area contributed by atoms with Crippen molar-refractivity contribution in [1.82, 2.24) is 0 Å². The normalized spacial score (nSPS) is 12.0. The summed E-state index contributed by atoms with van der Waals surface area (Å²) in [6, 6.07) is 8.64. The minimum Gasteiger partial charge on any atom is -0.507 e. The molecule has 1 aromatic heterocycles. The first-order valence-electron chi connectivity index (χ1n) is 10.7. The second-order valence-corrected chi connectivity index (χ2v) is 8.15. The molecule has 166 valence electrons. The Morgan fingerprint density at radius 2 is 1.58 bits per heavy atom. The molecule has 4 nitrogen and oxygen atoms in total. The van der Waals surface area contributed by atoms with Crippen LogP contribution in [-0.2, 0) is 6.42 Å². The maximum atomic E-state index is 12.4. The van der Waals surface area contributed by atoms with Crippen LogP contribution in [0.25, 0.3) is 11.3 Å². The van der Waals surface area contributed by atoms with Gasteiger partial charge in [-0.1, -0.05) is 34.9 Å². The molecular formula is C27H34O4. The van der Waals surface area contributed by atoms with Gasteiger partial charge in [0.1, 0.15) is 17.3 Å². The molecule has 31 heavy (non-hydrogen) atoms. The zero-order valence-electron chi connectivity index (χ0n) is 19.3. The van der Waals surface area contributed by atoms with Gasteiger partial charge in [-0.2, -0.15) is 0 Å². The van der Waals surface area contributed by atoms with Crippen molar-refractivity contribution in [3.63, 3.8) is 0 Å². The van der Waals surface area contributed by atoms with Crippen LogP contribution < -0.4 is 10.4 Å². The number of benzene rings is 1. The highest BCUT2D eigenvalue weighted by Gasteiger charge is 2.12. The summed E-state index contributed by atoms with van der Waals surface area (Å²) in [6.07, 6.45) is 11.0. The standard InChI is InChI=1S/C27H34O4/c1-19(2)8-6-9-20(3)10-7-11-21(4)12-17-24-25(28)18-26(31-27(24)29)22-13-15-23(30-5)16-14-22/h8,10,12-16,18,28H,6-7,9,11,17H2,1-5H3. The predicted octanol–water partition coefficient (Wildman–Crippen LogP) is 6.98. The van der Waals surface area contributed by atoms with Crippen molar-refractivity contribution in [1.29, 1.82) is 0 Å². The molecule has 4 heteroatoms. The van der Waals surface area contributed by atoms with E-state index in [-0.39, 0.29) is 11.3 Å². The number of methoxy groups -OCH3 is 1. The summed E-state index contributed by atoms with van der Waals surface area (Å²) < 4.78 is 10.6. The van der Waals surface area contributed by atoms with Crippen LogP contribution in [-0.4, -0.2) is 12.2 Å². The Bertz CT molecular complexity index is 1000. The molecule has 0 aliphatic rings. The molecule has 2 rings (SSSR count). The Labute approximate surface area is 185 Å². The van der Waals surface area contributed by atoms with Gasteiger partial charge >= 0.3 is 5.63 Å². The van der Waals surface area contributed by atoms with E-state index in [4.69, 9.17) is 9.15 Å². The van der Waals surface area contributed by atoms with Gasteiger partial charge in [0, 0.05) is 18.1 Å². The van der Waals surface area contributed by atoms with E-state index in [1.807, 2.05) is 6.08 Å². The van der Waals surface area contributed by atoms with Crippen molar-refractivity contribution >= 4 is 0 Å². The molecular weight excluding hydrogens is 388 g/mol. The lowest BCUT2D eigenvalue weighted by atomic mass is 10.0. The molecule has 0 unspecified atom stereocenters. The molecule has 1 heterocycles. The summed E-state index contributed by atoms with van der Waals surface area (Å²) in [6.45, 7) is 8.47. The van der Waals surface area contributed by atoms with E-state index in [0.717, 1.165) is 25.7 Å². The molecule has 0 fully saturated rings. The topological polar surface area (TPSA) is 59.7 Å². The van der Waals surface area contributed by atoms with E-state index in [2.05, 4.69) is 39.8 Å². The molecule has 0 saturated heterocycles. The van der Waals surface area contributed by atoms with Crippen molar-refractivity contribution in [3.8, 4) is 22.8 Å². The average Bonchev–Trinajstić information content (AvgIpc) is 2.72. The predicted molar refractivity (Wildman–Crippen MR) is 128 cm³/mol. The lowest BCUT2D eigenvalue weighted by molar-refractivity contribution is 0.414. The summed E-state index contributed by atoms with van der Waals surface area (Å²) in [7, 11) is 1.59. The maximum absolute atomic E-state index is 12.4. The Kier molecular flexibility index (Phi) is 9.39. The summed E-state index contributed by atoms with van der Waals surface area (Å²) >= 11 is 0. The molecule has 2 aromatic rings. The maximum Gasteiger partial charge on any atom is 0.343 e. The van der Waals surface area contributed by atoms with Gasteiger partial charge in [0.25, 0.3) is 0 Å². The summed E-state index contributed by atoms with van der Waals surface area (Å²) in [4.78, 5) is 12.4. The van der Waals surface area contributed by atoms with Crippen molar-refractivity contribution in [3.05, 3.63) is 81.3 Å². The summed E-state index contributed by atoms with van der Waals surface area (Å²) in [5.74, 6) is 1.01. The Hall–Kier alpha value is -3.01. The monoisotopic (exact) mass is 422 g/mol. The third-order valence-corrected chi connectivity index (χ3v) is 5.18. The van der Waals surface area contributed by atoms with E-state index in [1.165, 1.54) is 22.8 Å². The number of hydrogen-bond acceptors (Lipinski definition) is 4. The van der Waals surface area contributed by atoms with Gasteiger partial charge in [-0.15, -0.1) is 0 Å². The first-order valence-corrected chi connectivity index (χ1v) is 10.7. The lowest BCUT2D eigenvalue weighted by Crippen LogP contribution is -2.07. The fourth-order valence-corrected chi connectivity index (χ4v) is 3.21. The van der Waals surface area contributed by atoms with Crippen molar-refractivity contribution < 1.29 is 14.3 Å². The fraction of sp³-hybridized carbons (Fsp3) is 0.370. The highest BCUT2D eigenvalue weighted by molar-refractivity contribution is 5.60. The zero-order chi connectivity index (χ0) is 22.8. The molecule has 0 atom stereocenters. The quantitative estimate of drug-likeness (QED) is 0.419. The smallest absolute Gasteiger partial charge is 0.343 e. The van der Waals surface area contributed by atoms with Crippen LogP contribution in [0.4, 0.5) is 0 Å². The highest BCUT2D eigenvalue weighted by Crippen LogP contribution is 2.26. The van der Waals surface area contributed by atoms with Crippen LogP contribution in [0.5, 0.6) is 11.5 Å². The fourth-order valence-electron chi connectivity index (χ4n) is 3.21. The van der Waals surface area contributed by atoms with Crippen LogP contribution >= 0.6 is 0 Å². The second kappa shape index (κ2) is 12.0. The molecule has 0 bridgehead atoms. The Balaban J connectivity index is 1.98. The van der Waals surface area contributed by atoms with Gasteiger partial charge in [-0.05, 0) is 77.6 Å². The van der Waals surface area contributed by atoms with Gasteiger partial charge in [0.15, 0.2) is 0 Å². The van der Waals surface area contributed by atoms with Gasteiger partial charge in [-0.3, -0.25) is 0 Å². The van der Waals surface area contributed by atoms with Crippen LogP contribution in [0.1, 0.15) is 58.9 Å². The molecule has 0 amide bonds. The number of hydrogen-bond donors (Lipinski definition) is 1. The van der Waals surface area contributed by atoms with Gasteiger partial charge in [-0.25, -0.2) is 4.79 Å². The zero-order valence-corrected chi connectivity index (χ0v) is 19.3. The van der Waals surface area contributed by atoms with Crippen molar-refractivity contribution in [2.75, 3.05) is 7.11 Å². The van der Waals surface area contributed by atoms with E-state index < -0.39 is 5.63 Å². The van der Waals surface area contributed by atoms with Crippen molar-refractivity contribution in [2.45, 2.75) is 59.8 Å². The van der Waals surface area contributed by atoms with Crippen molar-refractivity contribution in [2.24, 2.45) is 0 Å². The van der Waals surface area contributed by atoms with Crippen LogP contribution in [0.2, 0.25) is 0 Å². The van der Waals surface area contributed by atoms with E-state index in [0.29, 0.717) is 23.5 Å². The first kappa shape index (κ1) is 24.3. The molecule has 0 saturated carbocycles. The Morgan fingerprint density at radius 1 is 0.968 bits per heavy atom. The molecule has 0 radical (unpaired) electrons. The number of rotatable bonds is 10. The molecule has 1 N–H and O–H groups in total. The molecule has 1 aromatic carbocycles. The van der Waals surface area contributed by atoms with Gasteiger partial charge in [0.2, 0.25) is 0 Å². The number of aromatic hydroxyl groups is 1. The summed E-state index contributed by atoms with van der Waals surface area (Å²) in [5.41, 5.74) is 4.42. The van der Waals surface area contributed by atoms with Crippen LogP contribution in [0, 0.1) is 0 Å². The highest BCUT2D eigenvalue weighted by atomic mass is 16.5. The molecule has 0 spiro atoms. The van der Waals surface area contributed by atoms with E-state index >= 15 is 0 Å². The Morgan fingerprint density at radius 3 is 2.16 bits per heavy atom. The third-order valence-electron chi connectivity index (χ3n) is 5.18. The minimum absolute atomic E-state index is 0.0406. The van der Waals surface area contributed by atoms with Gasteiger partial charge < -0.3 is 14.3 Å². The minimum atomic E-state index is -0.509. The third kappa shape index (κ3) is 7.97. The van der Waals surface area contributed by atoms with E-state index in [9.17, 15) is 9.90 Å². The van der Waals surface area contributed by atoms with Gasteiger partial charge in [0.05, 0.1) is 12.7 Å². The van der Waals surface area contributed by atoms with Crippen LogP contribution in [0.15, 0.2) is 74.5 Å². The SMILES string of the molecule is COc1ccc(-c2cc(O)c(CC=C(C)CCC=C(C)CCC=C(C)C)c(=O)o2)cc1. The summed E-state index contributed by atoms with van der Waals surface area (Å²) in [5, 5.41) is 10.4. The number of allylic oxidation sites excluding steroid dienone is 6. The number of ether oxygens (including phenoxy) is 1. The van der Waals surface area contributed by atoms with E-state index in [1.54, 1.807) is 31.4 Å². The molecule has 0 aliphatic heterocycles.